The van der Waals surface area contributed by atoms with Crippen molar-refractivity contribution in [3.8, 4) is 0 Å². The van der Waals surface area contributed by atoms with Crippen LogP contribution in [0.2, 0.25) is 0 Å². The van der Waals surface area contributed by atoms with Gasteiger partial charge in [-0.1, -0.05) is 6.92 Å². The molecule has 0 amide bonds. The lowest BCUT2D eigenvalue weighted by Gasteiger charge is -2.29. The van der Waals surface area contributed by atoms with Gasteiger partial charge in [0.25, 0.3) is 0 Å². The zero-order valence-electron chi connectivity index (χ0n) is 6.42. The normalized spacial score (nSPS) is 40.5. The predicted octanol–water partition coefficient (Wildman–Crippen LogP) is 0.883. The van der Waals surface area contributed by atoms with Crippen molar-refractivity contribution in [2.75, 3.05) is 0 Å². The smallest absolute Gasteiger partial charge is 0.00656 e. The second-order valence-corrected chi connectivity index (χ2v) is 3.21. The van der Waals surface area contributed by atoms with E-state index in [1.807, 2.05) is 0 Å². The highest BCUT2D eigenvalue weighted by atomic mass is 35.5. The Morgan fingerprint density at radius 3 is 2.20 bits per heavy atom. The molecule has 1 rings (SSSR count). The molecular weight excluding hydrogens is 148 g/mol. The van der Waals surface area contributed by atoms with Crippen molar-refractivity contribution in [1.82, 2.24) is 0 Å². The molecule has 3 unspecified atom stereocenters. The maximum atomic E-state index is 5.78. The molecule has 2 nitrogen and oxygen atoms in total. The van der Waals surface area contributed by atoms with Crippen LogP contribution in [-0.4, -0.2) is 12.1 Å². The highest BCUT2D eigenvalue weighted by Gasteiger charge is 2.21. The van der Waals surface area contributed by atoms with E-state index in [4.69, 9.17) is 11.5 Å². The third-order valence-electron chi connectivity index (χ3n) is 2.28. The van der Waals surface area contributed by atoms with Crippen molar-refractivity contribution >= 4 is 12.4 Å². The van der Waals surface area contributed by atoms with Crippen molar-refractivity contribution in [3.05, 3.63) is 0 Å². The first-order valence-electron chi connectivity index (χ1n) is 3.71. The summed E-state index contributed by atoms with van der Waals surface area (Å²) in [4.78, 5) is 0. The summed E-state index contributed by atoms with van der Waals surface area (Å²) < 4.78 is 0. The van der Waals surface area contributed by atoms with Crippen LogP contribution in [0.3, 0.4) is 0 Å². The highest BCUT2D eigenvalue weighted by Crippen LogP contribution is 2.20. The average molecular weight is 165 g/mol. The molecule has 0 bridgehead atoms. The van der Waals surface area contributed by atoms with E-state index < -0.39 is 0 Å². The Bertz CT molecular complexity index is 97.6. The lowest BCUT2D eigenvalue weighted by molar-refractivity contribution is 0.299. The standard InChI is InChI=1S/C7H16N2.ClH/c1-5-4-6(8)2-3-7(5)9;/h5-7H,2-4,8-9H2,1H3;1H. The van der Waals surface area contributed by atoms with Gasteiger partial charge < -0.3 is 11.5 Å². The summed E-state index contributed by atoms with van der Waals surface area (Å²) in [6, 6.07) is 0.824. The summed E-state index contributed by atoms with van der Waals surface area (Å²) in [6.45, 7) is 2.18. The first kappa shape index (κ1) is 10.2. The van der Waals surface area contributed by atoms with E-state index in [2.05, 4.69) is 6.92 Å². The van der Waals surface area contributed by atoms with Gasteiger partial charge in [0.15, 0.2) is 0 Å². The summed E-state index contributed by atoms with van der Waals surface area (Å²) in [5.74, 6) is 0.633. The predicted molar refractivity (Wildman–Crippen MR) is 46.2 cm³/mol. The molecule has 0 heterocycles. The lowest BCUT2D eigenvalue weighted by atomic mass is 9.84. The number of nitrogens with two attached hydrogens (primary N) is 2. The minimum Gasteiger partial charge on any atom is -0.328 e. The van der Waals surface area contributed by atoms with Crippen LogP contribution in [0, 0.1) is 5.92 Å². The number of rotatable bonds is 0. The molecule has 1 aliphatic carbocycles. The van der Waals surface area contributed by atoms with E-state index in [0.29, 0.717) is 18.0 Å². The maximum Gasteiger partial charge on any atom is 0.00656 e. The van der Waals surface area contributed by atoms with Gasteiger partial charge in [-0.2, -0.15) is 0 Å². The summed E-state index contributed by atoms with van der Waals surface area (Å²) in [6.07, 6.45) is 3.34. The zero-order valence-corrected chi connectivity index (χ0v) is 7.23. The average Bonchev–Trinajstić information content (AvgIpc) is 1.80. The van der Waals surface area contributed by atoms with Gasteiger partial charge in [-0.05, 0) is 25.2 Å². The van der Waals surface area contributed by atoms with Crippen LogP contribution in [0.15, 0.2) is 0 Å². The minimum absolute atomic E-state index is 0. The molecule has 0 aromatic rings. The molecule has 4 N–H and O–H groups in total. The maximum absolute atomic E-state index is 5.78. The Balaban J connectivity index is 0.000000810. The van der Waals surface area contributed by atoms with E-state index >= 15 is 0 Å². The summed E-state index contributed by atoms with van der Waals surface area (Å²) in [5.41, 5.74) is 11.5. The second-order valence-electron chi connectivity index (χ2n) is 3.21. The highest BCUT2D eigenvalue weighted by molar-refractivity contribution is 5.85. The first-order chi connectivity index (χ1) is 4.20. The summed E-state index contributed by atoms with van der Waals surface area (Å²) in [5, 5.41) is 0. The van der Waals surface area contributed by atoms with E-state index in [1.165, 1.54) is 0 Å². The summed E-state index contributed by atoms with van der Waals surface area (Å²) >= 11 is 0. The van der Waals surface area contributed by atoms with Crippen LogP contribution in [0.1, 0.15) is 26.2 Å². The summed E-state index contributed by atoms with van der Waals surface area (Å²) in [7, 11) is 0. The molecule has 0 aromatic heterocycles. The van der Waals surface area contributed by atoms with Gasteiger partial charge in [0.05, 0.1) is 0 Å². The quantitative estimate of drug-likeness (QED) is 0.559. The topological polar surface area (TPSA) is 52.0 Å². The number of halogens is 1. The second kappa shape index (κ2) is 4.16. The number of hydrogen-bond donors (Lipinski definition) is 2. The van der Waals surface area contributed by atoms with Crippen LogP contribution in [0.4, 0.5) is 0 Å². The fourth-order valence-electron chi connectivity index (χ4n) is 1.46. The Kier molecular flexibility index (Phi) is 4.25. The van der Waals surface area contributed by atoms with Gasteiger partial charge >= 0.3 is 0 Å². The van der Waals surface area contributed by atoms with E-state index in [-0.39, 0.29) is 12.4 Å². The Morgan fingerprint density at radius 1 is 1.20 bits per heavy atom. The van der Waals surface area contributed by atoms with E-state index in [9.17, 15) is 0 Å². The number of hydrogen-bond acceptors (Lipinski definition) is 2. The molecule has 1 aliphatic rings. The monoisotopic (exact) mass is 164 g/mol. The van der Waals surface area contributed by atoms with Crippen LogP contribution < -0.4 is 11.5 Å². The zero-order chi connectivity index (χ0) is 6.85. The molecule has 1 saturated carbocycles. The van der Waals surface area contributed by atoms with Gasteiger partial charge in [-0.3, -0.25) is 0 Å². The van der Waals surface area contributed by atoms with Crippen molar-refractivity contribution in [3.63, 3.8) is 0 Å². The van der Waals surface area contributed by atoms with Crippen molar-refractivity contribution in [2.24, 2.45) is 17.4 Å². The van der Waals surface area contributed by atoms with Crippen LogP contribution in [0.5, 0.6) is 0 Å². The van der Waals surface area contributed by atoms with Gasteiger partial charge in [-0.15, -0.1) is 12.4 Å². The SMILES string of the molecule is CC1CC(N)CCC1N.Cl. The van der Waals surface area contributed by atoms with Gasteiger partial charge in [0.2, 0.25) is 0 Å². The van der Waals surface area contributed by atoms with Gasteiger partial charge in [0, 0.05) is 12.1 Å². The molecule has 1 fully saturated rings. The third-order valence-corrected chi connectivity index (χ3v) is 2.28. The molecular formula is C7H17ClN2. The van der Waals surface area contributed by atoms with Crippen molar-refractivity contribution in [1.29, 1.82) is 0 Å². The fraction of sp³-hybridized carbons (Fsp3) is 1.00. The molecule has 10 heavy (non-hydrogen) atoms. The van der Waals surface area contributed by atoms with Crippen LogP contribution >= 0.6 is 12.4 Å². The molecule has 3 atom stereocenters. The molecule has 3 heteroatoms. The van der Waals surface area contributed by atoms with E-state index in [1.54, 1.807) is 0 Å². The Morgan fingerprint density at radius 2 is 1.80 bits per heavy atom. The molecule has 0 radical (unpaired) electrons. The van der Waals surface area contributed by atoms with Gasteiger partial charge in [-0.25, -0.2) is 0 Å². The molecule has 0 aliphatic heterocycles. The minimum atomic E-state index is 0. The molecule has 0 spiro atoms. The molecule has 0 aromatic carbocycles. The Hall–Kier alpha value is 0.210. The fourth-order valence-corrected chi connectivity index (χ4v) is 1.46. The Labute approximate surface area is 68.8 Å². The van der Waals surface area contributed by atoms with E-state index in [0.717, 1.165) is 19.3 Å². The van der Waals surface area contributed by atoms with Crippen LogP contribution in [-0.2, 0) is 0 Å². The third kappa shape index (κ3) is 2.45. The first-order valence-corrected chi connectivity index (χ1v) is 3.71. The van der Waals surface area contributed by atoms with Crippen LogP contribution in [0.25, 0.3) is 0 Å². The lowest BCUT2D eigenvalue weighted by Crippen LogP contribution is -2.39. The largest absolute Gasteiger partial charge is 0.328 e. The molecule has 0 saturated heterocycles. The van der Waals surface area contributed by atoms with Crippen molar-refractivity contribution < 1.29 is 0 Å². The molecule has 62 valence electrons. The van der Waals surface area contributed by atoms with Crippen molar-refractivity contribution in [2.45, 2.75) is 38.3 Å². The van der Waals surface area contributed by atoms with Gasteiger partial charge in [0.1, 0.15) is 0 Å².